The van der Waals surface area contributed by atoms with Crippen LogP contribution in [-0.2, 0) is 9.59 Å². The van der Waals surface area contributed by atoms with Gasteiger partial charge in [-0.1, -0.05) is 43.5 Å². The Labute approximate surface area is 194 Å². The molecular formula is C26H29N3O4. The fourth-order valence-corrected chi connectivity index (χ4v) is 3.76. The van der Waals surface area contributed by atoms with Crippen LogP contribution in [0.25, 0.3) is 6.08 Å². The number of benzene rings is 2. The predicted molar refractivity (Wildman–Crippen MR) is 127 cm³/mol. The number of carbonyl (C=O) groups is 2. The number of nitriles is 1. The molecule has 0 saturated heterocycles. The van der Waals surface area contributed by atoms with Crippen LogP contribution in [0, 0.1) is 18.3 Å². The third-order valence-electron chi connectivity index (χ3n) is 5.58. The van der Waals surface area contributed by atoms with Crippen molar-refractivity contribution in [3.8, 4) is 17.6 Å². The second kappa shape index (κ2) is 11.7. The number of amides is 2. The van der Waals surface area contributed by atoms with E-state index >= 15 is 0 Å². The molecule has 33 heavy (non-hydrogen) atoms. The Balaban J connectivity index is 1.64. The molecular weight excluding hydrogens is 418 g/mol. The van der Waals surface area contributed by atoms with Gasteiger partial charge < -0.3 is 20.1 Å². The van der Waals surface area contributed by atoms with Crippen molar-refractivity contribution in [3.05, 3.63) is 59.2 Å². The lowest BCUT2D eigenvalue weighted by atomic mass is 9.95. The molecule has 1 saturated carbocycles. The highest BCUT2D eigenvalue weighted by molar-refractivity contribution is 6.01. The zero-order valence-corrected chi connectivity index (χ0v) is 19.0. The SMILES string of the molecule is COc1cc(/C=C(/C#N)C(=O)NC2CCCCC2)ccc1OCC(=O)Nc1ccccc1C. The Hall–Kier alpha value is -3.79. The van der Waals surface area contributed by atoms with Crippen LogP contribution < -0.4 is 20.1 Å². The number of carbonyl (C=O) groups excluding carboxylic acids is 2. The van der Waals surface area contributed by atoms with Gasteiger partial charge in [0.15, 0.2) is 18.1 Å². The van der Waals surface area contributed by atoms with Gasteiger partial charge in [-0.05, 0) is 55.2 Å². The topological polar surface area (TPSA) is 100 Å². The van der Waals surface area contributed by atoms with Gasteiger partial charge >= 0.3 is 0 Å². The van der Waals surface area contributed by atoms with Gasteiger partial charge in [0.25, 0.3) is 11.8 Å². The molecule has 0 radical (unpaired) electrons. The van der Waals surface area contributed by atoms with Gasteiger partial charge in [-0.25, -0.2) is 0 Å². The monoisotopic (exact) mass is 447 g/mol. The standard InChI is InChI=1S/C26H29N3O4/c1-18-8-6-7-11-22(18)29-25(30)17-33-23-13-12-19(15-24(23)32-2)14-20(16-27)26(31)28-21-9-4-3-5-10-21/h6-8,11-15,21H,3-5,9-10,17H2,1-2H3,(H,28,31)(H,29,30)/b20-14-. The van der Waals surface area contributed by atoms with Crippen molar-refractivity contribution in [1.29, 1.82) is 5.26 Å². The van der Waals surface area contributed by atoms with E-state index in [1.54, 1.807) is 18.2 Å². The summed E-state index contributed by atoms with van der Waals surface area (Å²) in [5.74, 6) is 0.134. The summed E-state index contributed by atoms with van der Waals surface area (Å²) in [6.45, 7) is 1.73. The number of hydrogen-bond donors (Lipinski definition) is 2. The summed E-state index contributed by atoms with van der Waals surface area (Å²) in [6.07, 6.45) is 6.80. The number of nitrogens with zero attached hydrogens (tertiary/aromatic N) is 1. The first kappa shape index (κ1) is 23.9. The molecule has 2 N–H and O–H groups in total. The maximum Gasteiger partial charge on any atom is 0.262 e. The molecule has 0 bridgehead atoms. The number of aryl methyl sites for hydroxylation is 1. The van der Waals surface area contributed by atoms with E-state index in [4.69, 9.17) is 9.47 Å². The van der Waals surface area contributed by atoms with E-state index in [1.807, 2.05) is 37.3 Å². The van der Waals surface area contributed by atoms with Crippen molar-refractivity contribution >= 4 is 23.6 Å². The van der Waals surface area contributed by atoms with Gasteiger partial charge in [0.05, 0.1) is 7.11 Å². The first-order valence-electron chi connectivity index (χ1n) is 11.1. The fourth-order valence-electron chi connectivity index (χ4n) is 3.76. The molecule has 0 spiro atoms. The number of rotatable bonds is 8. The van der Waals surface area contributed by atoms with E-state index in [0.717, 1.165) is 36.9 Å². The number of ether oxygens (including phenoxy) is 2. The van der Waals surface area contributed by atoms with Gasteiger partial charge in [-0.3, -0.25) is 9.59 Å². The summed E-state index contributed by atoms with van der Waals surface area (Å²) < 4.78 is 11.0. The van der Waals surface area contributed by atoms with E-state index < -0.39 is 0 Å². The molecule has 7 heteroatoms. The molecule has 1 fully saturated rings. The molecule has 1 aliphatic rings. The maximum absolute atomic E-state index is 12.5. The summed E-state index contributed by atoms with van der Waals surface area (Å²) in [6, 6.07) is 14.6. The lowest BCUT2D eigenvalue weighted by molar-refractivity contribution is -0.118. The summed E-state index contributed by atoms with van der Waals surface area (Å²) >= 11 is 0. The van der Waals surface area contributed by atoms with Crippen LogP contribution in [0.1, 0.15) is 43.2 Å². The maximum atomic E-state index is 12.5. The van der Waals surface area contributed by atoms with E-state index in [9.17, 15) is 14.9 Å². The van der Waals surface area contributed by atoms with Crippen LogP contribution in [-0.4, -0.2) is 31.6 Å². The average molecular weight is 448 g/mol. The minimum Gasteiger partial charge on any atom is -0.493 e. The van der Waals surface area contributed by atoms with Gasteiger partial charge in [-0.15, -0.1) is 0 Å². The number of nitrogens with one attached hydrogen (secondary N) is 2. The molecule has 2 aromatic rings. The first-order valence-corrected chi connectivity index (χ1v) is 11.1. The molecule has 0 aromatic heterocycles. The van der Waals surface area contributed by atoms with Crippen molar-refractivity contribution in [2.24, 2.45) is 0 Å². The van der Waals surface area contributed by atoms with E-state index in [0.29, 0.717) is 17.1 Å². The number of methoxy groups -OCH3 is 1. The van der Waals surface area contributed by atoms with Gasteiger partial charge in [-0.2, -0.15) is 5.26 Å². The third kappa shape index (κ3) is 6.84. The second-order valence-corrected chi connectivity index (χ2v) is 8.04. The summed E-state index contributed by atoms with van der Waals surface area (Å²) in [5.41, 5.74) is 2.35. The highest BCUT2D eigenvalue weighted by atomic mass is 16.5. The van der Waals surface area contributed by atoms with Crippen molar-refractivity contribution in [2.45, 2.75) is 45.1 Å². The van der Waals surface area contributed by atoms with E-state index in [1.165, 1.54) is 19.6 Å². The van der Waals surface area contributed by atoms with E-state index in [2.05, 4.69) is 10.6 Å². The molecule has 1 aliphatic carbocycles. The Kier molecular flexibility index (Phi) is 8.48. The van der Waals surface area contributed by atoms with Gasteiger partial charge in [0.1, 0.15) is 11.6 Å². The van der Waals surface area contributed by atoms with Crippen molar-refractivity contribution in [3.63, 3.8) is 0 Å². The van der Waals surface area contributed by atoms with Gasteiger partial charge in [0.2, 0.25) is 0 Å². The van der Waals surface area contributed by atoms with Crippen LogP contribution in [0.15, 0.2) is 48.0 Å². The van der Waals surface area contributed by atoms with E-state index in [-0.39, 0.29) is 30.0 Å². The van der Waals surface area contributed by atoms with Crippen molar-refractivity contribution in [2.75, 3.05) is 19.0 Å². The van der Waals surface area contributed by atoms with Crippen LogP contribution in [0.2, 0.25) is 0 Å². The number of anilines is 1. The fraction of sp³-hybridized carbons (Fsp3) is 0.346. The molecule has 0 unspecified atom stereocenters. The molecule has 172 valence electrons. The van der Waals surface area contributed by atoms with Crippen LogP contribution in [0.5, 0.6) is 11.5 Å². The van der Waals surface area contributed by atoms with Crippen molar-refractivity contribution in [1.82, 2.24) is 5.32 Å². The third-order valence-corrected chi connectivity index (χ3v) is 5.58. The number of hydrogen-bond acceptors (Lipinski definition) is 5. The minimum atomic E-state index is -0.364. The predicted octanol–water partition coefficient (Wildman–Crippen LogP) is 4.38. The van der Waals surface area contributed by atoms with Crippen LogP contribution in [0.4, 0.5) is 5.69 Å². The summed E-state index contributed by atoms with van der Waals surface area (Å²) in [5, 5.41) is 15.2. The van der Waals surface area contributed by atoms with Crippen LogP contribution in [0.3, 0.4) is 0 Å². The lowest BCUT2D eigenvalue weighted by Crippen LogP contribution is -2.36. The molecule has 2 amide bonds. The smallest absolute Gasteiger partial charge is 0.262 e. The average Bonchev–Trinajstić information content (AvgIpc) is 2.83. The zero-order chi connectivity index (χ0) is 23.6. The highest BCUT2D eigenvalue weighted by Gasteiger charge is 2.18. The Morgan fingerprint density at radius 1 is 1.12 bits per heavy atom. The number of para-hydroxylation sites is 1. The molecule has 0 aliphatic heterocycles. The molecule has 2 aromatic carbocycles. The highest BCUT2D eigenvalue weighted by Crippen LogP contribution is 2.29. The van der Waals surface area contributed by atoms with Gasteiger partial charge in [0, 0.05) is 11.7 Å². The molecule has 3 rings (SSSR count). The van der Waals surface area contributed by atoms with Crippen LogP contribution >= 0.6 is 0 Å². The minimum absolute atomic E-state index is 0.0360. The molecule has 0 heterocycles. The summed E-state index contributed by atoms with van der Waals surface area (Å²) in [7, 11) is 1.49. The summed E-state index contributed by atoms with van der Waals surface area (Å²) in [4.78, 5) is 24.8. The largest absolute Gasteiger partial charge is 0.493 e. The lowest BCUT2D eigenvalue weighted by Gasteiger charge is -2.22. The normalized spacial score (nSPS) is 14.2. The molecule has 7 nitrogen and oxygen atoms in total. The zero-order valence-electron chi connectivity index (χ0n) is 19.0. The Morgan fingerprint density at radius 2 is 1.88 bits per heavy atom. The Morgan fingerprint density at radius 3 is 2.58 bits per heavy atom. The van der Waals surface area contributed by atoms with Crippen molar-refractivity contribution < 1.29 is 19.1 Å². The quantitative estimate of drug-likeness (QED) is 0.462. The molecule has 0 atom stereocenters. The first-order chi connectivity index (χ1) is 16.0. The second-order valence-electron chi connectivity index (χ2n) is 8.04. The Bertz CT molecular complexity index is 1070.